The van der Waals surface area contributed by atoms with E-state index in [2.05, 4.69) is 291 Å². The van der Waals surface area contributed by atoms with Crippen molar-refractivity contribution in [1.82, 2.24) is 4.57 Å². The summed E-state index contributed by atoms with van der Waals surface area (Å²) in [6.45, 7) is 5.11. The number of rotatable bonds is 7. The van der Waals surface area contributed by atoms with E-state index in [0.717, 1.165) is 0 Å². The molecule has 2 aliphatic rings. The van der Waals surface area contributed by atoms with Gasteiger partial charge in [0.1, 0.15) is 8.07 Å². The van der Waals surface area contributed by atoms with Gasteiger partial charge >= 0.3 is 0 Å². The molecular weight excluding hydrogens is 899 g/mol. The molecule has 0 bridgehead atoms. The number of benzene rings is 11. The van der Waals surface area contributed by atoms with Gasteiger partial charge in [-0.05, 0) is 98.9 Å². The first-order chi connectivity index (χ1) is 35.5. The molecule has 1 aromatic heterocycles. The molecule has 1 nitrogen and oxygen atoms in total. The lowest BCUT2D eigenvalue weighted by Gasteiger charge is -2.50. The number of nitrogens with zero attached hydrogens (tertiary/aromatic N) is 1. The van der Waals surface area contributed by atoms with Gasteiger partial charge in [0.2, 0.25) is 0 Å². The van der Waals surface area contributed by atoms with Crippen LogP contribution in [0.5, 0.6) is 0 Å². The molecule has 72 heavy (non-hydrogen) atoms. The number of fused-ring (bicyclic) bond motifs is 11. The van der Waals surface area contributed by atoms with Gasteiger partial charge < -0.3 is 4.57 Å². The first kappa shape index (κ1) is 42.5. The van der Waals surface area contributed by atoms with Crippen LogP contribution in [0.25, 0.3) is 60.9 Å². The fraction of sp³-hybridized carbons (Fsp3) is 0.0435. The highest BCUT2D eigenvalue weighted by molar-refractivity contribution is 7.20. The number of hydrogen-bond acceptors (Lipinski definition) is 0. The molecule has 12 aromatic rings. The zero-order valence-electron chi connectivity index (χ0n) is 40.4. The predicted molar refractivity (Wildman–Crippen MR) is 309 cm³/mol. The zero-order valence-corrected chi connectivity index (χ0v) is 42.4. The van der Waals surface area contributed by atoms with Crippen molar-refractivity contribution in [2.75, 3.05) is 0 Å². The topological polar surface area (TPSA) is 4.93 Å². The number of para-hydroxylation sites is 2. The second-order valence-corrected chi connectivity index (χ2v) is 28.5. The normalized spacial score (nSPS) is 13.9. The van der Waals surface area contributed by atoms with Crippen molar-refractivity contribution in [3.05, 3.63) is 295 Å². The maximum Gasteiger partial charge on any atom is 0.179 e. The average molecular weight is 950 g/mol. The molecule has 0 atom stereocenters. The minimum absolute atomic E-state index is 0.564. The molecule has 2 aliphatic heterocycles. The van der Waals surface area contributed by atoms with Gasteiger partial charge in [-0.15, -0.1) is 0 Å². The van der Waals surface area contributed by atoms with Crippen molar-refractivity contribution >= 4 is 69.1 Å². The quantitative estimate of drug-likeness (QED) is 0.111. The fourth-order valence-electron chi connectivity index (χ4n) is 13.3. The van der Waals surface area contributed by atoms with Gasteiger partial charge in [-0.2, -0.15) is 0 Å². The molecule has 11 aromatic carbocycles. The molecular formula is C69H51NSi2. The lowest BCUT2D eigenvalue weighted by atomic mass is 9.62. The lowest BCUT2D eigenvalue weighted by molar-refractivity contribution is 0.732. The third-order valence-electron chi connectivity index (χ3n) is 16.4. The molecule has 3 heterocycles. The van der Waals surface area contributed by atoms with Crippen LogP contribution in [0, 0.1) is 0 Å². The van der Waals surface area contributed by atoms with Gasteiger partial charge in [0.25, 0.3) is 0 Å². The van der Waals surface area contributed by atoms with Crippen molar-refractivity contribution < 1.29 is 0 Å². The van der Waals surface area contributed by atoms with Crippen LogP contribution in [0.2, 0.25) is 13.1 Å². The lowest BCUT2D eigenvalue weighted by Crippen LogP contribution is -2.75. The van der Waals surface area contributed by atoms with E-state index in [9.17, 15) is 0 Å². The summed E-state index contributed by atoms with van der Waals surface area (Å²) in [5.41, 5.74) is 16.0. The Kier molecular flexibility index (Phi) is 9.66. The predicted octanol–water partition coefficient (Wildman–Crippen LogP) is 13.0. The highest BCUT2D eigenvalue weighted by Gasteiger charge is 2.54. The summed E-state index contributed by atoms with van der Waals surface area (Å²) in [6, 6.07) is 104. The van der Waals surface area contributed by atoms with E-state index in [4.69, 9.17) is 0 Å². The average Bonchev–Trinajstić information content (AvgIpc) is 3.80. The van der Waals surface area contributed by atoms with Crippen LogP contribution < -0.4 is 31.1 Å². The van der Waals surface area contributed by atoms with Crippen LogP contribution in [0.3, 0.4) is 0 Å². The van der Waals surface area contributed by atoms with Gasteiger partial charge in [-0.3, -0.25) is 0 Å². The summed E-state index contributed by atoms with van der Waals surface area (Å²) >= 11 is 0. The van der Waals surface area contributed by atoms with E-state index < -0.39 is 21.6 Å². The molecule has 0 amide bonds. The summed E-state index contributed by atoms with van der Waals surface area (Å²) < 4.78 is 2.65. The molecule has 3 heteroatoms. The number of hydrogen-bond donors (Lipinski definition) is 0. The summed E-state index contributed by atoms with van der Waals surface area (Å²) in [7, 11) is -5.45. The first-order valence-electron chi connectivity index (χ1n) is 25.3. The van der Waals surface area contributed by atoms with Crippen molar-refractivity contribution in [3.8, 4) is 39.1 Å². The second kappa shape index (κ2) is 16.4. The van der Waals surface area contributed by atoms with E-state index in [0.29, 0.717) is 0 Å². The van der Waals surface area contributed by atoms with Crippen molar-refractivity contribution in [2.45, 2.75) is 18.5 Å². The standard InChI is InChI=1S/C69H51NSi2/c1-71(2)66-40-16-13-36-61(66)69(62-37-14-17-41-67(62)71)60-43-42-57(47-65(60)70-64-39-15-12-34-58(64)59-35-21-38-63(69)68(59)70)72(54-31-18-28-51(44-54)48-22-6-3-7-23-48,55-32-19-29-52(45-55)49-24-8-4-9-25-49)56-33-20-30-53(46-56)50-26-10-5-11-27-50/h3-47H,1-2H3. The van der Waals surface area contributed by atoms with E-state index in [-0.39, 0.29) is 0 Å². The summed E-state index contributed by atoms with van der Waals surface area (Å²) in [4.78, 5) is 0. The summed E-state index contributed by atoms with van der Waals surface area (Å²) in [5, 5.41) is 11.0. The molecule has 0 unspecified atom stereocenters. The van der Waals surface area contributed by atoms with Gasteiger partial charge in [0.05, 0.1) is 22.1 Å². The van der Waals surface area contributed by atoms with E-state index in [1.54, 1.807) is 0 Å². The van der Waals surface area contributed by atoms with Crippen molar-refractivity contribution in [3.63, 3.8) is 0 Å². The molecule has 14 rings (SSSR count). The molecule has 0 saturated carbocycles. The van der Waals surface area contributed by atoms with Gasteiger partial charge in [-0.25, -0.2) is 0 Å². The maximum absolute atomic E-state index is 3.31. The molecule has 1 spiro atoms. The Bertz CT molecular complexity index is 3830. The van der Waals surface area contributed by atoms with E-state index in [1.807, 2.05) is 0 Å². The van der Waals surface area contributed by atoms with Crippen molar-refractivity contribution in [2.24, 2.45) is 0 Å². The summed E-state index contributed by atoms with van der Waals surface area (Å²) in [5.74, 6) is 0. The Hall–Kier alpha value is -8.35. The minimum atomic E-state index is -3.31. The highest BCUT2D eigenvalue weighted by Crippen LogP contribution is 2.55. The van der Waals surface area contributed by atoms with Crippen LogP contribution in [0.15, 0.2) is 273 Å². The SMILES string of the molecule is C[Si]1(C)c2ccccc2C2(c3ccc([Si](c4cccc(-c5ccccc5)c4)(c4cccc(-c5ccccc5)c4)c4cccc(-c5ccccc5)c4)cc3-n3c4ccccc4c4cccc2c43)c2ccccc21. The van der Waals surface area contributed by atoms with Crippen LogP contribution in [0.1, 0.15) is 22.3 Å². The van der Waals surface area contributed by atoms with Crippen LogP contribution in [0.4, 0.5) is 0 Å². The van der Waals surface area contributed by atoms with Gasteiger partial charge in [0.15, 0.2) is 8.07 Å². The smallest absolute Gasteiger partial charge is 0.179 e. The van der Waals surface area contributed by atoms with Crippen LogP contribution in [-0.2, 0) is 5.41 Å². The second-order valence-electron chi connectivity index (χ2n) is 20.3. The van der Waals surface area contributed by atoms with Crippen LogP contribution >= 0.6 is 0 Å². The minimum Gasteiger partial charge on any atom is -0.309 e. The Balaban J connectivity index is 1.16. The fourth-order valence-corrected chi connectivity index (χ4v) is 21.3. The summed E-state index contributed by atoms with van der Waals surface area (Å²) in [6.07, 6.45) is 0. The molecule has 0 radical (unpaired) electrons. The first-order valence-corrected chi connectivity index (χ1v) is 30.3. The largest absolute Gasteiger partial charge is 0.309 e. The molecule has 0 aliphatic carbocycles. The zero-order chi connectivity index (χ0) is 48.0. The molecule has 0 fully saturated rings. The maximum atomic E-state index is 2.66. The third-order valence-corrected chi connectivity index (χ3v) is 24.7. The van der Waals surface area contributed by atoms with Gasteiger partial charge in [-0.1, -0.05) is 274 Å². The number of aromatic nitrogens is 1. The monoisotopic (exact) mass is 949 g/mol. The Morgan fingerprint density at radius 1 is 0.319 bits per heavy atom. The highest BCUT2D eigenvalue weighted by atomic mass is 28.3. The third kappa shape index (κ3) is 6.05. The molecule has 340 valence electrons. The Labute approximate surface area is 424 Å². The molecule has 0 N–H and O–H groups in total. The van der Waals surface area contributed by atoms with E-state index in [1.165, 1.54) is 114 Å². The Morgan fingerprint density at radius 3 is 1.25 bits per heavy atom. The van der Waals surface area contributed by atoms with E-state index >= 15 is 0 Å². The van der Waals surface area contributed by atoms with Gasteiger partial charge in [0, 0.05) is 10.8 Å². The van der Waals surface area contributed by atoms with Crippen LogP contribution in [-0.4, -0.2) is 20.7 Å². The molecule has 0 saturated heterocycles. The Morgan fingerprint density at radius 2 is 0.722 bits per heavy atom. The van der Waals surface area contributed by atoms with Crippen molar-refractivity contribution in [1.29, 1.82) is 0 Å².